The molecule has 134 valence electrons. The van der Waals surface area contributed by atoms with Crippen molar-refractivity contribution >= 4 is 23.3 Å². The van der Waals surface area contributed by atoms with Gasteiger partial charge in [0.1, 0.15) is 5.82 Å². The van der Waals surface area contributed by atoms with Crippen LogP contribution in [0.25, 0.3) is 0 Å². The minimum absolute atomic E-state index is 0.147. The molecule has 9 heteroatoms. The maximum atomic E-state index is 12.6. The predicted octanol–water partition coefficient (Wildman–Crippen LogP) is 3.70. The number of furan rings is 1. The third-order valence-electron chi connectivity index (χ3n) is 3.97. The second-order valence-electron chi connectivity index (χ2n) is 5.64. The number of hydrogen-bond donors (Lipinski definition) is 0. The van der Waals surface area contributed by atoms with Crippen molar-refractivity contribution in [3.05, 3.63) is 47.0 Å². The van der Waals surface area contributed by atoms with Gasteiger partial charge in [-0.25, -0.2) is 4.98 Å². The van der Waals surface area contributed by atoms with Gasteiger partial charge in [0.15, 0.2) is 11.0 Å². The van der Waals surface area contributed by atoms with Gasteiger partial charge in [0.05, 0.1) is 5.56 Å². The van der Waals surface area contributed by atoms with Gasteiger partial charge in [0.25, 0.3) is 5.91 Å². The van der Waals surface area contributed by atoms with Gasteiger partial charge in [0, 0.05) is 32.4 Å². The summed E-state index contributed by atoms with van der Waals surface area (Å²) in [6, 6.07) is 5.39. The lowest BCUT2D eigenvalue weighted by molar-refractivity contribution is -0.137. The van der Waals surface area contributed by atoms with Crippen LogP contribution in [0.15, 0.2) is 34.9 Å². The van der Waals surface area contributed by atoms with Gasteiger partial charge in [-0.05, 0) is 42.3 Å². The van der Waals surface area contributed by atoms with E-state index in [0.717, 1.165) is 12.3 Å². The second-order valence-corrected chi connectivity index (χ2v) is 6.01. The van der Waals surface area contributed by atoms with E-state index in [1.165, 1.54) is 18.2 Å². The predicted molar refractivity (Wildman–Crippen MR) is 85.7 cm³/mol. The van der Waals surface area contributed by atoms with Gasteiger partial charge in [-0.15, -0.1) is 0 Å². The number of hydrogen-bond acceptors (Lipinski definition) is 4. The minimum atomic E-state index is -4.40. The Morgan fingerprint density at radius 1 is 1.12 bits per heavy atom. The van der Waals surface area contributed by atoms with E-state index in [1.54, 1.807) is 4.90 Å². The first-order valence-electron chi connectivity index (χ1n) is 7.67. The van der Waals surface area contributed by atoms with Crippen LogP contribution in [0.2, 0.25) is 5.22 Å². The Morgan fingerprint density at radius 3 is 2.52 bits per heavy atom. The summed E-state index contributed by atoms with van der Waals surface area (Å²) in [5.74, 6) is 0.378. The maximum Gasteiger partial charge on any atom is 0.417 e. The lowest BCUT2D eigenvalue weighted by Crippen LogP contribution is -2.35. The lowest BCUT2D eigenvalue weighted by atomic mass is 10.2. The van der Waals surface area contributed by atoms with Gasteiger partial charge in [0.2, 0.25) is 0 Å². The first-order valence-corrected chi connectivity index (χ1v) is 8.05. The average molecular weight is 374 g/mol. The summed E-state index contributed by atoms with van der Waals surface area (Å²) < 4.78 is 43.0. The molecule has 3 rings (SSSR count). The Hall–Kier alpha value is -2.22. The fourth-order valence-corrected chi connectivity index (χ4v) is 2.82. The van der Waals surface area contributed by atoms with Crippen molar-refractivity contribution in [1.82, 2.24) is 9.88 Å². The van der Waals surface area contributed by atoms with Crippen LogP contribution in [0.1, 0.15) is 22.5 Å². The van der Waals surface area contributed by atoms with Crippen LogP contribution in [0.4, 0.5) is 19.0 Å². The molecule has 0 spiro atoms. The molecule has 1 aliphatic heterocycles. The molecule has 0 bridgehead atoms. The third kappa shape index (κ3) is 4.07. The summed E-state index contributed by atoms with van der Waals surface area (Å²) in [7, 11) is 0. The fraction of sp³-hybridized carbons (Fsp3) is 0.375. The maximum absolute atomic E-state index is 12.6. The van der Waals surface area contributed by atoms with E-state index in [-0.39, 0.29) is 16.9 Å². The van der Waals surface area contributed by atoms with Gasteiger partial charge in [-0.1, -0.05) is 0 Å². The van der Waals surface area contributed by atoms with E-state index in [4.69, 9.17) is 16.0 Å². The van der Waals surface area contributed by atoms with E-state index < -0.39 is 11.7 Å². The summed E-state index contributed by atoms with van der Waals surface area (Å²) in [5, 5.41) is 0.147. The van der Waals surface area contributed by atoms with Crippen LogP contribution < -0.4 is 4.90 Å². The molecule has 0 radical (unpaired) electrons. The van der Waals surface area contributed by atoms with E-state index in [1.807, 2.05) is 4.90 Å². The van der Waals surface area contributed by atoms with Gasteiger partial charge >= 0.3 is 6.18 Å². The molecule has 0 unspecified atom stereocenters. The quantitative estimate of drug-likeness (QED) is 0.805. The molecular formula is C16H15ClF3N3O2. The van der Waals surface area contributed by atoms with Crippen molar-refractivity contribution in [2.45, 2.75) is 12.6 Å². The molecular weight excluding hydrogens is 359 g/mol. The Bertz CT molecular complexity index is 746. The molecule has 2 aromatic heterocycles. The molecule has 1 fully saturated rings. The lowest BCUT2D eigenvalue weighted by Gasteiger charge is -2.22. The Kier molecular flexibility index (Phi) is 4.89. The second kappa shape index (κ2) is 6.95. The summed E-state index contributed by atoms with van der Waals surface area (Å²) in [4.78, 5) is 19.8. The van der Waals surface area contributed by atoms with Crippen LogP contribution in [-0.4, -0.2) is 42.0 Å². The smallest absolute Gasteiger partial charge is 0.417 e. The number of carbonyl (C=O) groups is 1. The number of carbonyl (C=O) groups excluding carboxylic acids is 1. The number of alkyl halides is 3. The summed E-state index contributed by atoms with van der Waals surface area (Å²) in [6.07, 6.45) is -2.91. The first-order chi connectivity index (χ1) is 11.8. The highest BCUT2D eigenvalue weighted by molar-refractivity contribution is 6.29. The number of halogens is 4. The Morgan fingerprint density at radius 2 is 1.92 bits per heavy atom. The Balaban J connectivity index is 1.66. The molecule has 0 saturated carbocycles. The molecule has 0 atom stereocenters. The van der Waals surface area contributed by atoms with Gasteiger partial charge in [-0.3, -0.25) is 4.79 Å². The molecule has 0 aromatic carbocycles. The van der Waals surface area contributed by atoms with Crippen molar-refractivity contribution in [1.29, 1.82) is 0 Å². The number of rotatable bonds is 2. The summed E-state index contributed by atoms with van der Waals surface area (Å²) >= 11 is 5.69. The van der Waals surface area contributed by atoms with Crippen LogP contribution >= 0.6 is 11.6 Å². The fourth-order valence-electron chi connectivity index (χ4n) is 2.68. The average Bonchev–Trinajstić information content (AvgIpc) is 2.86. The molecule has 1 aliphatic rings. The summed E-state index contributed by atoms with van der Waals surface area (Å²) in [6.45, 7) is 2.01. The molecule has 0 aliphatic carbocycles. The molecule has 1 saturated heterocycles. The highest BCUT2D eigenvalue weighted by Gasteiger charge is 2.31. The number of amides is 1. The molecule has 2 aromatic rings. The van der Waals surface area contributed by atoms with Crippen LogP contribution in [-0.2, 0) is 6.18 Å². The molecule has 25 heavy (non-hydrogen) atoms. The van der Waals surface area contributed by atoms with Crippen molar-refractivity contribution in [3.8, 4) is 0 Å². The van der Waals surface area contributed by atoms with E-state index in [2.05, 4.69) is 4.98 Å². The number of aromatic nitrogens is 1. The number of anilines is 1. The van der Waals surface area contributed by atoms with Crippen LogP contribution in [0.3, 0.4) is 0 Å². The third-order valence-corrected chi connectivity index (χ3v) is 4.17. The Labute approximate surface area is 147 Å². The van der Waals surface area contributed by atoms with Crippen molar-refractivity contribution < 1.29 is 22.4 Å². The van der Waals surface area contributed by atoms with Gasteiger partial charge in [-0.2, -0.15) is 13.2 Å². The highest BCUT2D eigenvalue weighted by Crippen LogP contribution is 2.29. The topological polar surface area (TPSA) is 49.6 Å². The normalized spacial score (nSPS) is 16.0. The van der Waals surface area contributed by atoms with Crippen LogP contribution in [0.5, 0.6) is 0 Å². The monoisotopic (exact) mass is 373 g/mol. The van der Waals surface area contributed by atoms with Crippen molar-refractivity contribution in [2.75, 3.05) is 31.1 Å². The molecule has 0 N–H and O–H groups in total. The standard InChI is InChI=1S/C16H15ClF3N3O2/c17-13-4-3-12(25-13)15(24)23-7-1-6-22(8-9-23)14-5-2-11(10-21-14)16(18,19)20/h2-5,10H,1,6-9H2. The minimum Gasteiger partial charge on any atom is -0.440 e. The largest absolute Gasteiger partial charge is 0.440 e. The van der Waals surface area contributed by atoms with Crippen molar-refractivity contribution in [3.63, 3.8) is 0 Å². The molecule has 1 amide bonds. The number of nitrogens with zero attached hydrogens (tertiary/aromatic N) is 3. The zero-order valence-electron chi connectivity index (χ0n) is 13.1. The van der Waals surface area contributed by atoms with Crippen LogP contribution in [0, 0.1) is 0 Å². The SMILES string of the molecule is O=C(c1ccc(Cl)o1)N1CCCN(c2ccc(C(F)(F)F)cn2)CC1. The zero-order chi connectivity index (χ0) is 18.0. The highest BCUT2D eigenvalue weighted by atomic mass is 35.5. The van der Waals surface area contributed by atoms with E-state index in [0.29, 0.717) is 38.4 Å². The van der Waals surface area contributed by atoms with Gasteiger partial charge < -0.3 is 14.2 Å². The van der Waals surface area contributed by atoms with E-state index in [9.17, 15) is 18.0 Å². The molecule has 3 heterocycles. The number of pyridine rings is 1. The first kappa shape index (κ1) is 17.6. The van der Waals surface area contributed by atoms with E-state index >= 15 is 0 Å². The summed E-state index contributed by atoms with van der Waals surface area (Å²) in [5.41, 5.74) is -0.780. The molecule has 5 nitrogen and oxygen atoms in total. The zero-order valence-corrected chi connectivity index (χ0v) is 13.8. The van der Waals surface area contributed by atoms with Crippen molar-refractivity contribution in [2.24, 2.45) is 0 Å².